The summed E-state index contributed by atoms with van der Waals surface area (Å²) in [7, 11) is 0. The van der Waals surface area contributed by atoms with Crippen molar-refractivity contribution in [2.45, 2.75) is 51.9 Å². The second-order valence-electron chi connectivity index (χ2n) is 9.12. The molecule has 10 nitrogen and oxygen atoms in total. The number of carbonyl (C=O) groups is 1. The Bertz CT molecular complexity index is 1420. The molecule has 190 valence electrons. The molecule has 1 atom stereocenters. The number of anilines is 1. The van der Waals surface area contributed by atoms with E-state index in [4.69, 9.17) is 19.6 Å². The van der Waals surface area contributed by atoms with Gasteiger partial charge >= 0.3 is 5.97 Å². The van der Waals surface area contributed by atoms with Crippen molar-refractivity contribution < 1.29 is 34.0 Å². The second-order valence-corrected chi connectivity index (χ2v) is 9.12. The highest BCUT2D eigenvalue weighted by Crippen LogP contribution is 2.46. The summed E-state index contributed by atoms with van der Waals surface area (Å²) < 4.78 is 17.8. The molecular weight excluding hydrogens is 468 g/mol. The van der Waals surface area contributed by atoms with Gasteiger partial charge in [0.2, 0.25) is 0 Å². The number of benzene rings is 1. The number of hydrogen-bond acceptors (Lipinski definition) is 10. The average Bonchev–Trinajstić information content (AvgIpc) is 2.82. The van der Waals surface area contributed by atoms with E-state index in [1.54, 1.807) is 39.1 Å². The quantitative estimate of drug-likeness (QED) is 0.293. The molecule has 1 unspecified atom stereocenters. The Morgan fingerprint density at radius 3 is 2.72 bits per heavy atom. The molecule has 0 fully saturated rings. The van der Waals surface area contributed by atoms with E-state index in [1.165, 1.54) is 6.08 Å². The second kappa shape index (κ2) is 9.63. The van der Waals surface area contributed by atoms with Crippen molar-refractivity contribution in [2.24, 2.45) is 0 Å². The number of phenolic OH excluding ortho intramolecular Hbond substituents is 1. The Balaban J connectivity index is 1.92. The minimum absolute atomic E-state index is 0.0344. The van der Waals surface area contributed by atoms with Crippen LogP contribution in [0.4, 0.5) is 5.82 Å². The first-order valence-electron chi connectivity index (χ1n) is 11.4. The van der Waals surface area contributed by atoms with Gasteiger partial charge in [-0.25, -0.2) is 9.78 Å². The summed E-state index contributed by atoms with van der Waals surface area (Å²) in [5.74, 6) is -0.420. The Morgan fingerprint density at radius 1 is 1.33 bits per heavy atom. The number of nitrogens with zero attached hydrogens (tertiary/aromatic N) is 1. The van der Waals surface area contributed by atoms with E-state index in [1.807, 2.05) is 0 Å². The fourth-order valence-corrected chi connectivity index (χ4v) is 4.30. The highest BCUT2D eigenvalue weighted by Gasteiger charge is 2.43. The number of phenols is 1. The zero-order chi connectivity index (χ0) is 26.2. The number of esters is 1. The smallest absolute Gasteiger partial charge is 0.336 e. The van der Waals surface area contributed by atoms with Crippen molar-refractivity contribution in [1.29, 1.82) is 0 Å². The molecule has 1 aliphatic rings. The molecule has 0 bridgehead atoms. The normalized spacial score (nSPS) is 16.9. The van der Waals surface area contributed by atoms with Crippen LogP contribution in [0.1, 0.15) is 43.2 Å². The standard InChI is InChI=1S/C26H28N2O8/c1-4-14(11-29)25(33)35-19-10-16-22(32)21-18(31)9-15(12-30)34-24(21)17(23(16)36-26(19,2)3)7-13-5-6-28-20(27)8-13/h4-6,8-9,19,29-30,32H,7,10-12H2,1-3H3,(H2,27,28). The van der Waals surface area contributed by atoms with Gasteiger partial charge in [0.25, 0.3) is 0 Å². The van der Waals surface area contributed by atoms with E-state index < -0.39 is 36.3 Å². The summed E-state index contributed by atoms with van der Waals surface area (Å²) in [4.78, 5) is 29.5. The van der Waals surface area contributed by atoms with Crippen LogP contribution < -0.4 is 15.9 Å². The maximum Gasteiger partial charge on any atom is 0.336 e. The van der Waals surface area contributed by atoms with Gasteiger partial charge in [-0.15, -0.1) is 0 Å². The molecular formula is C26H28N2O8. The first-order valence-corrected chi connectivity index (χ1v) is 11.4. The van der Waals surface area contributed by atoms with Gasteiger partial charge in [-0.3, -0.25) is 4.79 Å². The first kappa shape index (κ1) is 25.2. The topological polar surface area (TPSA) is 165 Å². The third-order valence-electron chi connectivity index (χ3n) is 6.29. The predicted molar refractivity (Wildman–Crippen MR) is 131 cm³/mol. The number of fused-ring (bicyclic) bond motifs is 2. The molecule has 5 N–H and O–H groups in total. The van der Waals surface area contributed by atoms with Gasteiger partial charge in [-0.2, -0.15) is 0 Å². The largest absolute Gasteiger partial charge is 0.507 e. The number of allylic oxidation sites excluding steroid dienone is 1. The molecule has 36 heavy (non-hydrogen) atoms. The van der Waals surface area contributed by atoms with E-state index >= 15 is 0 Å². The third kappa shape index (κ3) is 4.52. The van der Waals surface area contributed by atoms with Crippen LogP contribution in [0.5, 0.6) is 11.5 Å². The van der Waals surface area contributed by atoms with Crippen molar-refractivity contribution in [3.05, 3.63) is 68.7 Å². The zero-order valence-electron chi connectivity index (χ0n) is 20.2. The van der Waals surface area contributed by atoms with Crippen molar-refractivity contribution in [1.82, 2.24) is 4.98 Å². The molecule has 0 saturated heterocycles. The van der Waals surface area contributed by atoms with Crippen LogP contribution in [-0.4, -0.2) is 44.6 Å². The molecule has 0 amide bonds. The maximum absolute atomic E-state index is 13.0. The van der Waals surface area contributed by atoms with Crippen LogP contribution in [0.2, 0.25) is 0 Å². The molecule has 2 aromatic heterocycles. The van der Waals surface area contributed by atoms with E-state index in [9.17, 15) is 24.9 Å². The molecule has 4 rings (SSSR count). The molecule has 1 aromatic carbocycles. The lowest BCUT2D eigenvalue weighted by molar-refractivity contribution is -0.157. The SMILES string of the molecule is CC=C(CO)C(=O)OC1Cc2c(c(Cc3ccnc(N)c3)c3oc(CO)cc(=O)c3c2O)OC1(C)C. The Hall–Kier alpha value is -3.89. The van der Waals surface area contributed by atoms with Gasteiger partial charge in [0.05, 0.1) is 12.2 Å². The number of nitrogens with two attached hydrogens (primary N) is 1. The van der Waals surface area contributed by atoms with E-state index in [-0.39, 0.29) is 46.5 Å². The number of pyridine rings is 1. The van der Waals surface area contributed by atoms with Gasteiger partial charge in [0.1, 0.15) is 52.4 Å². The molecule has 0 radical (unpaired) electrons. The number of carbonyl (C=O) groups excluding carboxylic acids is 1. The first-order chi connectivity index (χ1) is 17.1. The summed E-state index contributed by atoms with van der Waals surface area (Å²) in [6.07, 6.45) is 2.44. The molecule has 3 heterocycles. The van der Waals surface area contributed by atoms with Gasteiger partial charge in [0, 0.05) is 36.2 Å². The summed E-state index contributed by atoms with van der Waals surface area (Å²) >= 11 is 0. The van der Waals surface area contributed by atoms with Crippen LogP contribution in [-0.2, 0) is 29.0 Å². The molecule has 3 aromatic rings. The number of aromatic nitrogens is 1. The number of aliphatic hydroxyl groups is 2. The fraction of sp³-hybridized carbons (Fsp3) is 0.346. The molecule has 0 aliphatic carbocycles. The van der Waals surface area contributed by atoms with Crippen LogP contribution in [0.3, 0.4) is 0 Å². The number of rotatable bonds is 6. The minimum Gasteiger partial charge on any atom is -0.507 e. The van der Waals surface area contributed by atoms with Gasteiger partial charge in [-0.1, -0.05) is 6.08 Å². The zero-order valence-corrected chi connectivity index (χ0v) is 20.2. The molecule has 0 saturated carbocycles. The van der Waals surface area contributed by atoms with Crippen LogP contribution in [0.15, 0.2) is 45.3 Å². The lowest BCUT2D eigenvalue weighted by Gasteiger charge is -2.40. The number of ether oxygens (including phenoxy) is 2. The fourth-order valence-electron chi connectivity index (χ4n) is 4.30. The van der Waals surface area contributed by atoms with Crippen molar-refractivity contribution in [3.8, 4) is 11.5 Å². The molecule has 0 spiro atoms. The highest BCUT2D eigenvalue weighted by atomic mass is 16.6. The summed E-state index contributed by atoms with van der Waals surface area (Å²) in [6.45, 7) is 4.09. The Labute approximate surface area is 206 Å². The van der Waals surface area contributed by atoms with Crippen molar-refractivity contribution in [2.75, 3.05) is 12.3 Å². The number of aromatic hydroxyl groups is 1. The lowest BCUT2D eigenvalue weighted by atomic mass is 9.86. The van der Waals surface area contributed by atoms with E-state index in [0.29, 0.717) is 17.1 Å². The van der Waals surface area contributed by atoms with Gasteiger partial charge < -0.3 is 34.9 Å². The Morgan fingerprint density at radius 2 is 2.08 bits per heavy atom. The Kier molecular flexibility index (Phi) is 6.75. The minimum atomic E-state index is -1.04. The summed E-state index contributed by atoms with van der Waals surface area (Å²) in [5, 5.41) is 30.1. The third-order valence-corrected chi connectivity index (χ3v) is 6.29. The van der Waals surface area contributed by atoms with Crippen LogP contribution >= 0.6 is 0 Å². The van der Waals surface area contributed by atoms with Crippen molar-refractivity contribution >= 4 is 22.8 Å². The maximum atomic E-state index is 13.0. The van der Waals surface area contributed by atoms with Gasteiger partial charge in [0.15, 0.2) is 5.43 Å². The van der Waals surface area contributed by atoms with Crippen molar-refractivity contribution in [3.63, 3.8) is 0 Å². The average molecular weight is 497 g/mol. The van der Waals surface area contributed by atoms with Gasteiger partial charge in [-0.05, 0) is 38.5 Å². The van der Waals surface area contributed by atoms with Crippen LogP contribution in [0.25, 0.3) is 11.0 Å². The summed E-state index contributed by atoms with van der Waals surface area (Å²) in [6, 6.07) is 4.54. The summed E-state index contributed by atoms with van der Waals surface area (Å²) in [5.41, 5.74) is 5.95. The highest BCUT2D eigenvalue weighted by molar-refractivity contribution is 5.91. The predicted octanol–water partition coefficient (Wildman–Crippen LogP) is 2.12. The van der Waals surface area contributed by atoms with E-state index in [2.05, 4.69) is 4.98 Å². The number of nitrogen functional groups attached to an aromatic ring is 1. The molecule has 1 aliphatic heterocycles. The number of aliphatic hydroxyl groups excluding tert-OH is 2. The monoisotopic (exact) mass is 496 g/mol. The lowest BCUT2D eigenvalue weighted by Crippen LogP contribution is -2.49. The van der Waals surface area contributed by atoms with E-state index in [0.717, 1.165) is 11.6 Å². The molecule has 10 heteroatoms. The van der Waals surface area contributed by atoms with Crippen LogP contribution in [0, 0.1) is 0 Å². The number of hydrogen-bond donors (Lipinski definition) is 4.